The Morgan fingerprint density at radius 1 is 0.492 bits per heavy atom. The Morgan fingerprint density at radius 2 is 0.769 bits per heavy atom. The molecule has 15 heteroatoms. The van der Waals surface area contributed by atoms with Crippen molar-refractivity contribution < 1.29 is 67.0 Å². The maximum Gasteiger partial charge on any atom is 2.00 e. The summed E-state index contributed by atoms with van der Waals surface area (Å²) in [6.45, 7) is 0. The molecule has 334 valence electrons. The molecule has 0 bridgehead atoms. The second kappa shape index (κ2) is 27.9. The van der Waals surface area contributed by atoms with E-state index in [9.17, 15) is 22.8 Å². The van der Waals surface area contributed by atoms with Gasteiger partial charge in [0, 0.05) is 12.4 Å². The van der Waals surface area contributed by atoms with Gasteiger partial charge in [-0.15, -0.1) is 0 Å². The molecule has 0 aliphatic heterocycles. The Kier molecular flexibility index (Phi) is 22.9. The number of carboxylic acids is 2. The van der Waals surface area contributed by atoms with Crippen LogP contribution in [0, 0.1) is 6.07 Å². The average Bonchev–Trinajstić information content (AvgIpc) is 3.32. The minimum absolute atomic E-state index is 0. The van der Waals surface area contributed by atoms with Crippen LogP contribution >= 0.6 is 15.8 Å². The molecule has 0 aliphatic rings. The molecule has 2 N–H and O–H groups in total. The summed E-state index contributed by atoms with van der Waals surface area (Å²) < 4.78 is 58.9. The molecule has 7 aromatic carbocycles. The van der Waals surface area contributed by atoms with Crippen molar-refractivity contribution in [1.82, 2.24) is 4.98 Å². The van der Waals surface area contributed by atoms with Crippen molar-refractivity contribution in [3.05, 3.63) is 248 Å². The maximum atomic E-state index is 10.7. The van der Waals surface area contributed by atoms with E-state index < -0.39 is 43.4 Å². The number of pyridine rings is 1. The van der Waals surface area contributed by atoms with Gasteiger partial charge in [0.05, 0.1) is 5.56 Å². The second-order valence-corrected chi connectivity index (χ2v) is 18.5. The van der Waals surface area contributed by atoms with Gasteiger partial charge in [0.1, 0.15) is 0 Å². The third-order valence-corrected chi connectivity index (χ3v) is 13.7. The van der Waals surface area contributed by atoms with Gasteiger partial charge >= 0.3 is 32.5 Å². The van der Waals surface area contributed by atoms with Crippen LogP contribution in [-0.4, -0.2) is 45.6 Å². The Labute approximate surface area is 393 Å². The standard InChI is InChI=1S/2C18H15P.C7H5O2.C6H5NO2.CHF3O3S.Pt/c2*1-4-10-16(11-5-1)19(17-12-6-2-7-13-17)18-14-8-3-9-15-18;8-7(9)6-4-2-1-3-5-6;8-6(9)5-2-1-3-7-4-5;2-1(3,4)8(5,6)7;/h2*1-15H;1-2,4-5H,(H,8,9);1-4H,(H,8,9);(H,5,6,7);/q;;-1;;;+2/p-1. The van der Waals surface area contributed by atoms with Crippen molar-refractivity contribution in [2.45, 2.75) is 5.51 Å². The maximum absolute atomic E-state index is 10.7. The van der Waals surface area contributed by atoms with E-state index in [-0.39, 0.29) is 32.2 Å². The summed E-state index contributed by atoms with van der Waals surface area (Å²) in [5.74, 6) is -1.85. The van der Waals surface area contributed by atoms with Gasteiger partial charge in [0.25, 0.3) is 5.97 Å². The first-order chi connectivity index (χ1) is 30.8. The zero-order valence-corrected chi connectivity index (χ0v) is 39.0. The van der Waals surface area contributed by atoms with Gasteiger partial charge < -0.3 is 14.8 Å². The van der Waals surface area contributed by atoms with Gasteiger partial charge in [-0.25, -0.2) is 13.2 Å². The summed E-state index contributed by atoms with van der Waals surface area (Å²) in [5, 5.41) is 25.1. The zero-order chi connectivity index (χ0) is 46.2. The van der Waals surface area contributed by atoms with Gasteiger partial charge in [-0.05, 0) is 59.8 Å². The first-order valence-electron chi connectivity index (χ1n) is 19.0. The summed E-state index contributed by atoms with van der Waals surface area (Å²) in [5.41, 5.74) is -5.15. The molecule has 0 spiro atoms. The molecular weight excluding hydrogens is 1070 g/mol. The second-order valence-electron chi connectivity index (χ2n) is 12.7. The van der Waals surface area contributed by atoms with Gasteiger partial charge in [0.2, 0.25) is 0 Å². The van der Waals surface area contributed by atoms with Crippen molar-refractivity contribution >= 4 is 69.7 Å². The van der Waals surface area contributed by atoms with Gasteiger partial charge in [-0.2, -0.15) is 43.5 Å². The quantitative estimate of drug-likeness (QED) is 0.0665. The van der Waals surface area contributed by atoms with E-state index in [1.54, 1.807) is 18.2 Å². The van der Waals surface area contributed by atoms with Crippen LogP contribution < -0.4 is 31.8 Å². The van der Waals surface area contributed by atoms with Crippen molar-refractivity contribution in [1.29, 1.82) is 0 Å². The Morgan fingerprint density at radius 3 is 0.938 bits per heavy atom. The molecule has 65 heavy (non-hydrogen) atoms. The minimum atomic E-state index is -6.09. The largest absolute Gasteiger partial charge is 2.00 e. The number of carboxylic acid groups (broad SMARTS) is 2. The number of aromatic carboxylic acids is 2. The van der Waals surface area contributed by atoms with E-state index in [4.69, 9.17) is 23.2 Å². The summed E-state index contributed by atoms with van der Waals surface area (Å²) in [4.78, 5) is 24.0. The SMILES string of the molecule is O=C(O)c1c[c-]ccc1.O=C(O)c1cccnc1.O=S(=O)([O-])C(F)(F)F.[Pt+2].c1ccc(P(c2ccccc2)c2ccccc2)cc1.c1ccc(P(c2ccccc2)c2ccccc2)cc1. The molecule has 8 nitrogen and oxygen atoms in total. The molecule has 0 saturated carbocycles. The van der Waals surface area contributed by atoms with Crippen LogP contribution in [0.15, 0.2) is 231 Å². The van der Waals surface area contributed by atoms with Crippen LogP contribution in [0.2, 0.25) is 0 Å². The number of halogens is 3. The monoisotopic (exact) mass is 1110 g/mol. The summed E-state index contributed by atoms with van der Waals surface area (Å²) >= 11 is 0. The fraction of sp³-hybridized carbons (Fsp3) is 0.0200. The third-order valence-electron chi connectivity index (χ3n) is 8.23. The Bertz CT molecular complexity index is 2310. The average molecular weight is 1110 g/mol. The summed E-state index contributed by atoms with van der Waals surface area (Å²) in [6, 6.07) is 76.7. The van der Waals surface area contributed by atoms with Crippen LogP contribution in [0.4, 0.5) is 13.2 Å². The summed E-state index contributed by atoms with van der Waals surface area (Å²) in [7, 11) is -6.98. The van der Waals surface area contributed by atoms with E-state index in [0.29, 0.717) is 0 Å². The Hall–Kier alpha value is -6.12. The molecule has 8 rings (SSSR count). The van der Waals surface area contributed by atoms with E-state index >= 15 is 0 Å². The van der Waals surface area contributed by atoms with E-state index in [1.807, 2.05) is 0 Å². The van der Waals surface area contributed by atoms with Crippen LogP contribution in [0.5, 0.6) is 0 Å². The van der Waals surface area contributed by atoms with Crippen LogP contribution in [0.25, 0.3) is 0 Å². The van der Waals surface area contributed by atoms with Crippen molar-refractivity contribution in [3.63, 3.8) is 0 Å². The molecule has 0 amide bonds. The van der Waals surface area contributed by atoms with Crippen molar-refractivity contribution in [2.75, 3.05) is 0 Å². The number of alkyl halides is 3. The first-order valence-corrected chi connectivity index (χ1v) is 23.1. The molecule has 0 atom stereocenters. The molecule has 1 heterocycles. The number of benzene rings is 7. The molecule has 8 aromatic rings. The minimum Gasteiger partial charge on any atom is -0.741 e. The number of hydrogen-bond donors (Lipinski definition) is 2. The van der Waals surface area contributed by atoms with Crippen LogP contribution in [0.1, 0.15) is 20.7 Å². The predicted molar refractivity (Wildman–Crippen MR) is 249 cm³/mol. The normalized spacial score (nSPS) is 10.4. The molecular formula is C50H40F3NO7P2PtS. The van der Waals surface area contributed by atoms with E-state index in [2.05, 4.69) is 193 Å². The molecule has 0 unspecified atom stereocenters. The zero-order valence-electron chi connectivity index (χ0n) is 34.1. The topological polar surface area (TPSA) is 145 Å². The molecule has 0 fully saturated rings. The number of hydrogen-bond acceptors (Lipinski definition) is 6. The van der Waals surface area contributed by atoms with Gasteiger partial charge in [-0.1, -0.05) is 188 Å². The fourth-order valence-electron chi connectivity index (χ4n) is 5.37. The predicted octanol–water partition coefficient (Wildman–Crippen LogP) is 8.90. The third kappa shape index (κ3) is 18.5. The Balaban J connectivity index is 0.000000227. The van der Waals surface area contributed by atoms with Crippen molar-refractivity contribution in [2.24, 2.45) is 0 Å². The van der Waals surface area contributed by atoms with Crippen LogP contribution in [-0.2, 0) is 31.2 Å². The molecule has 1 aromatic heterocycles. The number of aromatic nitrogens is 1. The van der Waals surface area contributed by atoms with E-state index in [1.165, 1.54) is 62.4 Å². The smallest absolute Gasteiger partial charge is 0.741 e. The van der Waals surface area contributed by atoms with Crippen molar-refractivity contribution in [3.8, 4) is 0 Å². The molecule has 0 saturated heterocycles. The van der Waals surface area contributed by atoms with E-state index in [0.717, 1.165) is 0 Å². The van der Waals surface area contributed by atoms with Gasteiger partial charge in [0.15, 0.2) is 10.1 Å². The van der Waals surface area contributed by atoms with Crippen LogP contribution in [0.3, 0.4) is 0 Å². The number of rotatable bonds is 8. The van der Waals surface area contributed by atoms with Gasteiger partial charge in [-0.3, -0.25) is 9.78 Å². The summed E-state index contributed by atoms with van der Waals surface area (Å²) in [6.07, 6.45) is 2.84. The molecule has 0 aliphatic carbocycles. The number of nitrogens with zero attached hydrogens (tertiary/aromatic N) is 1. The number of carbonyl (C=O) groups is 2. The first kappa shape index (κ1) is 53.2. The fourth-order valence-corrected chi connectivity index (χ4v) is 9.98. The molecule has 0 radical (unpaired) electrons.